The molecule has 0 aliphatic carbocycles. The largest absolute Gasteiger partial charge is 0.496 e. The SMILES string of the molecule is CCOc1ccc(NC(=O)CN(C)Cc2ccccc2OC)cc1OCC. The summed E-state index contributed by atoms with van der Waals surface area (Å²) in [6, 6.07) is 13.2. The lowest BCUT2D eigenvalue weighted by Crippen LogP contribution is -2.30. The third-order valence-corrected chi connectivity index (χ3v) is 3.87. The molecule has 146 valence electrons. The number of hydrogen-bond donors (Lipinski definition) is 1. The zero-order valence-corrected chi connectivity index (χ0v) is 16.5. The predicted molar refractivity (Wildman–Crippen MR) is 107 cm³/mol. The fraction of sp³-hybridized carbons (Fsp3) is 0.381. The number of rotatable bonds is 10. The average Bonchev–Trinajstić information content (AvgIpc) is 2.64. The van der Waals surface area contributed by atoms with Crippen molar-refractivity contribution >= 4 is 11.6 Å². The van der Waals surface area contributed by atoms with Gasteiger partial charge in [0.25, 0.3) is 0 Å². The van der Waals surface area contributed by atoms with E-state index in [9.17, 15) is 4.79 Å². The maximum absolute atomic E-state index is 12.4. The topological polar surface area (TPSA) is 60.0 Å². The quantitative estimate of drug-likeness (QED) is 0.691. The Bertz CT molecular complexity index is 749. The molecule has 2 rings (SSSR count). The molecule has 2 aromatic rings. The van der Waals surface area contributed by atoms with Gasteiger partial charge in [0.05, 0.1) is 26.9 Å². The lowest BCUT2D eigenvalue weighted by molar-refractivity contribution is -0.117. The zero-order valence-electron chi connectivity index (χ0n) is 16.5. The van der Waals surface area contributed by atoms with Crippen molar-refractivity contribution in [1.29, 1.82) is 0 Å². The second-order valence-corrected chi connectivity index (χ2v) is 6.06. The maximum Gasteiger partial charge on any atom is 0.238 e. The highest BCUT2D eigenvalue weighted by Gasteiger charge is 2.12. The second-order valence-electron chi connectivity index (χ2n) is 6.06. The van der Waals surface area contributed by atoms with Gasteiger partial charge in [-0.25, -0.2) is 0 Å². The number of methoxy groups -OCH3 is 1. The van der Waals surface area contributed by atoms with E-state index < -0.39 is 0 Å². The highest BCUT2D eigenvalue weighted by Crippen LogP contribution is 2.30. The van der Waals surface area contributed by atoms with Gasteiger partial charge in [-0.2, -0.15) is 0 Å². The molecular formula is C21H28N2O4. The van der Waals surface area contributed by atoms with Crippen LogP contribution in [0.25, 0.3) is 0 Å². The van der Waals surface area contributed by atoms with Gasteiger partial charge in [0.1, 0.15) is 5.75 Å². The van der Waals surface area contributed by atoms with Gasteiger partial charge in [-0.3, -0.25) is 9.69 Å². The van der Waals surface area contributed by atoms with E-state index in [1.165, 1.54) is 0 Å². The first-order chi connectivity index (χ1) is 13.1. The third kappa shape index (κ3) is 6.18. The van der Waals surface area contributed by atoms with Crippen LogP contribution in [0.5, 0.6) is 17.2 Å². The zero-order chi connectivity index (χ0) is 19.6. The highest BCUT2D eigenvalue weighted by atomic mass is 16.5. The molecule has 2 aromatic carbocycles. The van der Waals surface area contributed by atoms with Crippen LogP contribution in [0, 0.1) is 0 Å². The van der Waals surface area contributed by atoms with Crippen LogP contribution in [0.3, 0.4) is 0 Å². The van der Waals surface area contributed by atoms with E-state index in [-0.39, 0.29) is 12.5 Å². The number of carbonyl (C=O) groups excluding carboxylic acids is 1. The first-order valence-corrected chi connectivity index (χ1v) is 9.07. The van der Waals surface area contributed by atoms with Crippen molar-refractivity contribution in [3.8, 4) is 17.2 Å². The minimum atomic E-state index is -0.0981. The molecule has 0 atom stereocenters. The lowest BCUT2D eigenvalue weighted by Gasteiger charge is -2.18. The van der Waals surface area contributed by atoms with Crippen molar-refractivity contribution in [2.45, 2.75) is 20.4 Å². The van der Waals surface area contributed by atoms with Crippen LogP contribution >= 0.6 is 0 Å². The van der Waals surface area contributed by atoms with E-state index in [1.54, 1.807) is 13.2 Å². The van der Waals surface area contributed by atoms with Gasteiger partial charge in [0, 0.05) is 23.9 Å². The fourth-order valence-electron chi connectivity index (χ4n) is 2.75. The molecular weight excluding hydrogens is 344 g/mol. The highest BCUT2D eigenvalue weighted by molar-refractivity contribution is 5.92. The van der Waals surface area contributed by atoms with E-state index in [2.05, 4.69) is 5.32 Å². The maximum atomic E-state index is 12.4. The molecule has 0 saturated carbocycles. The van der Waals surface area contributed by atoms with E-state index in [1.807, 2.05) is 62.2 Å². The fourth-order valence-corrected chi connectivity index (χ4v) is 2.75. The molecule has 0 radical (unpaired) electrons. The normalized spacial score (nSPS) is 10.6. The van der Waals surface area contributed by atoms with E-state index in [4.69, 9.17) is 14.2 Å². The number of hydrogen-bond acceptors (Lipinski definition) is 5. The number of nitrogens with zero attached hydrogens (tertiary/aromatic N) is 1. The third-order valence-electron chi connectivity index (χ3n) is 3.87. The van der Waals surface area contributed by atoms with Crippen molar-refractivity contribution in [2.24, 2.45) is 0 Å². The molecule has 1 amide bonds. The molecule has 0 aliphatic heterocycles. The molecule has 6 nitrogen and oxygen atoms in total. The number of benzene rings is 2. The van der Waals surface area contributed by atoms with Crippen LogP contribution in [-0.4, -0.2) is 44.7 Å². The van der Waals surface area contributed by atoms with Crippen LogP contribution in [0.4, 0.5) is 5.69 Å². The van der Waals surface area contributed by atoms with Gasteiger partial charge in [-0.1, -0.05) is 18.2 Å². The number of likely N-dealkylation sites (N-methyl/N-ethyl adjacent to an activating group) is 1. The Balaban J connectivity index is 1.97. The van der Waals surface area contributed by atoms with Crippen molar-refractivity contribution in [3.05, 3.63) is 48.0 Å². The molecule has 0 heterocycles. The minimum absolute atomic E-state index is 0.0981. The Morgan fingerprint density at radius 1 is 1.00 bits per heavy atom. The van der Waals surface area contributed by atoms with Gasteiger partial charge in [0.2, 0.25) is 5.91 Å². The first-order valence-electron chi connectivity index (χ1n) is 9.07. The summed E-state index contributed by atoms with van der Waals surface area (Å²) in [5.74, 6) is 2.02. The Labute approximate surface area is 161 Å². The van der Waals surface area contributed by atoms with Crippen LogP contribution in [0.1, 0.15) is 19.4 Å². The number of para-hydroxylation sites is 1. The Morgan fingerprint density at radius 2 is 1.70 bits per heavy atom. The summed E-state index contributed by atoms with van der Waals surface area (Å²) < 4.78 is 16.5. The van der Waals surface area contributed by atoms with Gasteiger partial charge in [-0.15, -0.1) is 0 Å². The summed E-state index contributed by atoms with van der Waals surface area (Å²) in [5, 5.41) is 2.91. The van der Waals surface area contributed by atoms with E-state index in [0.29, 0.717) is 36.9 Å². The second kappa shape index (κ2) is 10.4. The number of amides is 1. The van der Waals surface area contributed by atoms with Crippen LogP contribution in [-0.2, 0) is 11.3 Å². The van der Waals surface area contributed by atoms with E-state index in [0.717, 1.165) is 11.3 Å². The van der Waals surface area contributed by atoms with E-state index >= 15 is 0 Å². The number of nitrogens with one attached hydrogen (secondary N) is 1. The standard InChI is InChI=1S/C21H28N2O4/c1-5-26-19-12-11-17(13-20(19)27-6-2)22-21(24)15-23(3)14-16-9-7-8-10-18(16)25-4/h7-13H,5-6,14-15H2,1-4H3,(H,22,24). The summed E-state index contributed by atoms with van der Waals surface area (Å²) in [6.07, 6.45) is 0. The summed E-state index contributed by atoms with van der Waals surface area (Å²) >= 11 is 0. The number of anilines is 1. The van der Waals surface area contributed by atoms with Crippen molar-refractivity contribution in [3.63, 3.8) is 0 Å². The van der Waals surface area contributed by atoms with Crippen LogP contribution < -0.4 is 19.5 Å². The summed E-state index contributed by atoms with van der Waals surface area (Å²) in [6.45, 7) is 5.79. The number of ether oxygens (including phenoxy) is 3. The predicted octanol–water partition coefficient (Wildman–Crippen LogP) is 3.56. The smallest absolute Gasteiger partial charge is 0.238 e. The Kier molecular flexibility index (Phi) is 7.95. The molecule has 0 saturated heterocycles. The van der Waals surface area contributed by atoms with Gasteiger partial charge in [0.15, 0.2) is 11.5 Å². The van der Waals surface area contributed by atoms with Gasteiger partial charge in [-0.05, 0) is 39.1 Å². The molecule has 0 bridgehead atoms. The minimum Gasteiger partial charge on any atom is -0.496 e. The van der Waals surface area contributed by atoms with Crippen molar-refractivity contribution in [1.82, 2.24) is 4.90 Å². The molecule has 6 heteroatoms. The summed E-state index contributed by atoms with van der Waals surface area (Å²) in [5.41, 5.74) is 1.72. The van der Waals surface area contributed by atoms with Gasteiger partial charge >= 0.3 is 0 Å². The van der Waals surface area contributed by atoms with Crippen molar-refractivity contribution in [2.75, 3.05) is 39.2 Å². The summed E-state index contributed by atoms with van der Waals surface area (Å²) in [4.78, 5) is 14.3. The number of carbonyl (C=O) groups is 1. The van der Waals surface area contributed by atoms with Crippen LogP contribution in [0.15, 0.2) is 42.5 Å². The summed E-state index contributed by atoms with van der Waals surface area (Å²) in [7, 11) is 3.54. The molecule has 0 aliphatic rings. The molecule has 27 heavy (non-hydrogen) atoms. The van der Waals surface area contributed by atoms with Gasteiger partial charge < -0.3 is 19.5 Å². The molecule has 0 aromatic heterocycles. The van der Waals surface area contributed by atoms with Crippen molar-refractivity contribution < 1.29 is 19.0 Å². The monoisotopic (exact) mass is 372 g/mol. The molecule has 0 spiro atoms. The Hall–Kier alpha value is -2.73. The molecule has 1 N–H and O–H groups in total. The Morgan fingerprint density at radius 3 is 2.41 bits per heavy atom. The average molecular weight is 372 g/mol. The molecule has 0 fully saturated rings. The van der Waals surface area contributed by atoms with Crippen LogP contribution in [0.2, 0.25) is 0 Å². The lowest BCUT2D eigenvalue weighted by atomic mass is 10.2. The molecule has 0 unspecified atom stereocenters. The first kappa shape index (κ1) is 20.6.